The number of nitrogens with two attached hydrogens (primary N) is 5. The predicted octanol–water partition coefficient (Wildman–Crippen LogP) is -6.45. The number of carbonyl (C=O) groups excluding carboxylic acids is 8. The van der Waals surface area contributed by atoms with Gasteiger partial charge in [0.15, 0.2) is 0 Å². The molecule has 0 unspecified atom stereocenters. The summed E-state index contributed by atoms with van der Waals surface area (Å²) < 4.78 is 0. The number of amides is 8. The number of aliphatic carboxylic acids is 1. The van der Waals surface area contributed by atoms with Gasteiger partial charge in [0.2, 0.25) is 47.3 Å². The van der Waals surface area contributed by atoms with Gasteiger partial charge in [-0.25, -0.2) is 4.79 Å². The summed E-state index contributed by atoms with van der Waals surface area (Å²) in [5, 5.41) is 17.7. The summed E-state index contributed by atoms with van der Waals surface area (Å²) >= 11 is 3.80. The Morgan fingerprint density at radius 3 is 1.32 bits per heavy atom. The maximum Gasteiger partial charge on any atom is 0.327 e. The molecule has 0 aromatic rings. The van der Waals surface area contributed by atoms with Crippen LogP contribution in [0.25, 0.3) is 0 Å². The fourth-order valence-corrected chi connectivity index (χ4v) is 3.33. The molecule has 0 aromatic heterocycles. The van der Waals surface area contributed by atoms with Crippen molar-refractivity contribution in [2.75, 3.05) is 5.75 Å². The molecule has 0 saturated carbocycles. The Morgan fingerprint density at radius 2 is 0.927 bits per heavy atom. The van der Waals surface area contributed by atoms with E-state index in [1.54, 1.807) is 0 Å². The molecule has 0 bridgehead atoms. The van der Waals surface area contributed by atoms with E-state index in [4.69, 9.17) is 33.8 Å². The van der Waals surface area contributed by atoms with Gasteiger partial charge < -0.3 is 55.0 Å². The quantitative estimate of drug-likeness (QED) is 0.0579. The van der Waals surface area contributed by atoms with Crippen LogP contribution in [0.4, 0.5) is 0 Å². The molecule has 0 fully saturated rings. The number of carbonyl (C=O) groups is 9. The van der Waals surface area contributed by atoms with Gasteiger partial charge in [0.1, 0.15) is 24.2 Å². The minimum Gasteiger partial charge on any atom is -0.480 e. The molecule has 0 saturated heterocycles. The molecule has 5 atom stereocenters. The summed E-state index contributed by atoms with van der Waals surface area (Å²) in [7, 11) is 0. The second kappa shape index (κ2) is 18.0. The van der Waals surface area contributed by atoms with Gasteiger partial charge in [-0.1, -0.05) is 0 Å². The van der Waals surface area contributed by atoms with E-state index in [1.165, 1.54) is 0 Å². The van der Waals surface area contributed by atoms with Gasteiger partial charge in [0.25, 0.3) is 0 Å². The molecule has 0 heterocycles. The molecule has 230 valence electrons. The summed E-state index contributed by atoms with van der Waals surface area (Å²) in [5.74, 6) is -9.87. The number of primary amides is 4. The second-order valence-corrected chi connectivity index (χ2v) is 9.09. The zero-order chi connectivity index (χ0) is 31.9. The standard InChI is InChI=1S/C21H35N9O10S/c22-8(1-3-13(23)31)17(35)28-10(5-15(25)33)19(37)27-9(2-4-14(24)32)18(36)29-11(6-16(26)34)20(38)30-12(7-41)21(39)40/h8-12,41H,1-7,22H2,(H2,23,31)(H2,24,32)(H2,25,33)(H2,26,34)(H,27,37)(H,28,35)(H,29,36)(H,30,38)(H,39,40)/t8-,9-,10-,11-,12-/m0/s1. The average molecular weight is 606 g/mol. The minimum atomic E-state index is -1.71. The number of hydrogen-bond donors (Lipinski definition) is 11. The van der Waals surface area contributed by atoms with Crippen molar-refractivity contribution in [3.8, 4) is 0 Å². The summed E-state index contributed by atoms with van der Waals surface area (Å²) in [4.78, 5) is 107. The fraction of sp³-hybridized carbons (Fsp3) is 0.571. The van der Waals surface area contributed by atoms with Crippen LogP contribution in [0.2, 0.25) is 0 Å². The van der Waals surface area contributed by atoms with Crippen molar-refractivity contribution >= 4 is 65.9 Å². The Hall–Kier alpha value is -4.46. The van der Waals surface area contributed by atoms with Gasteiger partial charge in [-0.3, -0.25) is 38.4 Å². The molecule has 8 amide bonds. The van der Waals surface area contributed by atoms with Gasteiger partial charge in [0, 0.05) is 18.6 Å². The Morgan fingerprint density at radius 1 is 0.561 bits per heavy atom. The second-order valence-electron chi connectivity index (χ2n) is 8.72. The van der Waals surface area contributed by atoms with Gasteiger partial charge in [-0.05, 0) is 12.8 Å². The Labute approximate surface area is 238 Å². The Bertz CT molecular complexity index is 1040. The number of nitrogens with one attached hydrogen (secondary N) is 4. The van der Waals surface area contributed by atoms with E-state index < -0.39 is 109 Å². The predicted molar refractivity (Wildman–Crippen MR) is 142 cm³/mol. The SMILES string of the molecule is NC(=O)CC[C@H](NC(=O)[C@H](CC(N)=O)NC(=O)[C@@H](N)CCC(N)=O)C(=O)N[C@@H](CC(N)=O)C(=O)N[C@@H](CS)C(=O)O. The normalized spacial score (nSPS) is 14.2. The van der Waals surface area contributed by atoms with E-state index in [2.05, 4.69) is 33.9 Å². The third-order valence-electron chi connectivity index (χ3n) is 5.22. The monoisotopic (exact) mass is 605 g/mol. The lowest BCUT2D eigenvalue weighted by Crippen LogP contribution is -2.59. The van der Waals surface area contributed by atoms with Crippen LogP contribution in [0.3, 0.4) is 0 Å². The Kier molecular flexibility index (Phi) is 16.0. The van der Waals surface area contributed by atoms with E-state index in [-0.39, 0.29) is 18.6 Å². The number of carboxylic acids is 1. The number of hydrogen-bond acceptors (Lipinski definition) is 11. The lowest BCUT2D eigenvalue weighted by Gasteiger charge is -2.25. The lowest BCUT2D eigenvalue weighted by molar-refractivity contribution is -0.141. The zero-order valence-electron chi connectivity index (χ0n) is 21.8. The maximum absolute atomic E-state index is 13.0. The molecule has 0 aliphatic carbocycles. The number of carboxylic acid groups (broad SMARTS) is 1. The first kappa shape index (κ1) is 36.5. The lowest BCUT2D eigenvalue weighted by atomic mass is 10.1. The van der Waals surface area contributed by atoms with Crippen LogP contribution < -0.4 is 49.9 Å². The molecule has 19 nitrogen and oxygen atoms in total. The van der Waals surface area contributed by atoms with Crippen LogP contribution >= 0.6 is 12.6 Å². The topological polar surface area (TPSA) is 352 Å². The van der Waals surface area contributed by atoms with Gasteiger partial charge in [-0.2, -0.15) is 12.6 Å². The molecule has 15 N–H and O–H groups in total. The molecule has 20 heteroatoms. The first-order valence-electron chi connectivity index (χ1n) is 11.9. The van der Waals surface area contributed by atoms with Gasteiger partial charge >= 0.3 is 5.97 Å². The molecule has 0 spiro atoms. The van der Waals surface area contributed by atoms with Crippen molar-refractivity contribution in [2.24, 2.45) is 28.7 Å². The number of thiol groups is 1. The highest BCUT2D eigenvalue weighted by Crippen LogP contribution is 2.04. The highest BCUT2D eigenvalue weighted by Gasteiger charge is 2.33. The van der Waals surface area contributed by atoms with Crippen LogP contribution in [0.15, 0.2) is 0 Å². The third kappa shape index (κ3) is 15.1. The molecule has 0 aliphatic rings. The first-order chi connectivity index (χ1) is 19.0. The van der Waals surface area contributed by atoms with E-state index in [9.17, 15) is 43.2 Å². The molecule has 0 rings (SSSR count). The molecule has 41 heavy (non-hydrogen) atoms. The smallest absolute Gasteiger partial charge is 0.327 e. The van der Waals surface area contributed by atoms with Crippen molar-refractivity contribution in [3.05, 3.63) is 0 Å². The van der Waals surface area contributed by atoms with Gasteiger partial charge in [-0.15, -0.1) is 0 Å². The number of rotatable bonds is 20. The average Bonchev–Trinajstić information content (AvgIpc) is 2.85. The van der Waals surface area contributed by atoms with E-state index in [0.29, 0.717) is 0 Å². The van der Waals surface area contributed by atoms with Crippen molar-refractivity contribution in [1.82, 2.24) is 21.3 Å². The molecule has 0 aliphatic heterocycles. The molecular weight excluding hydrogens is 570 g/mol. The fourth-order valence-electron chi connectivity index (χ4n) is 3.09. The first-order valence-corrected chi connectivity index (χ1v) is 12.6. The van der Waals surface area contributed by atoms with Crippen molar-refractivity contribution < 1.29 is 48.3 Å². The van der Waals surface area contributed by atoms with Crippen LogP contribution in [-0.2, 0) is 43.2 Å². The van der Waals surface area contributed by atoms with E-state index >= 15 is 0 Å². The largest absolute Gasteiger partial charge is 0.480 e. The Balaban J connectivity index is 5.89. The van der Waals surface area contributed by atoms with Crippen LogP contribution in [-0.4, -0.2) is 94.3 Å². The third-order valence-corrected chi connectivity index (χ3v) is 5.59. The van der Waals surface area contributed by atoms with Crippen LogP contribution in [0.5, 0.6) is 0 Å². The van der Waals surface area contributed by atoms with Crippen molar-refractivity contribution in [3.63, 3.8) is 0 Å². The molecule has 0 aromatic carbocycles. The van der Waals surface area contributed by atoms with E-state index in [1.807, 2.05) is 0 Å². The highest BCUT2D eigenvalue weighted by atomic mass is 32.1. The van der Waals surface area contributed by atoms with Crippen molar-refractivity contribution in [1.29, 1.82) is 0 Å². The summed E-state index contributed by atoms with van der Waals surface area (Å²) in [6.07, 6.45) is -2.88. The van der Waals surface area contributed by atoms with Gasteiger partial charge in [0.05, 0.1) is 18.9 Å². The summed E-state index contributed by atoms with van der Waals surface area (Å²) in [5.41, 5.74) is 26.1. The maximum atomic E-state index is 13.0. The molecular formula is C21H35N9O10S. The summed E-state index contributed by atoms with van der Waals surface area (Å²) in [6, 6.07) is -7.80. The van der Waals surface area contributed by atoms with E-state index in [0.717, 1.165) is 0 Å². The zero-order valence-corrected chi connectivity index (χ0v) is 22.7. The van der Waals surface area contributed by atoms with Crippen LogP contribution in [0.1, 0.15) is 38.5 Å². The highest BCUT2D eigenvalue weighted by molar-refractivity contribution is 7.80. The van der Waals surface area contributed by atoms with Crippen LogP contribution in [0, 0.1) is 0 Å². The minimum absolute atomic E-state index is 0.186. The summed E-state index contributed by atoms with van der Waals surface area (Å²) in [6.45, 7) is 0. The van der Waals surface area contributed by atoms with Crippen molar-refractivity contribution in [2.45, 2.75) is 68.7 Å². The molecule has 0 radical (unpaired) electrons.